The Balaban J connectivity index is 1.41. The molecule has 1 unspecified atom stereocenters. The molecule has 2 aromatic carbocycles. The van der Waals surface area contributed by atoms with Crippen molar-refractivity contribution in [2.75, 3.05) is 0 Å². The van der Waals surface area contributed by atoms with Gasteiger partial charge in [0.05, 0.1) is 6.10 Å². The largest absolute Gasteiger partial charge is 0.519 e. The standard InChI is InChI=1S/C26H24N6O6/c1-14(33)22-23(25(34)36-13-21-15(2)37-26(35)38-21)32(16(3)27-22)12-17-8-10-18(11-9-17)19-6-4-5-7-20(19)24-28-30-31-29-24/h4-11,14,33H,12-13H2,1-3H3,(H,28,29,30,31). The summed E-state index contributed by atoms with van der Waals surface area (Å²) < 4.78 is 16.8. The van der Waals surface area contributed by atoms with Crippen LogP contribution in [0, 0.1) is 13.8 Å². The number of aliphatic hydroxyl groups excluding tert-OH is 1. The molecule has 38 heavy (non-hydrogen) atoms. The average Bonchev–Trinajstić information content (AvgIpc) is 3.63. The normalized spacial score (nSPS) is 12.0. The van der Waals surface area contributed by atoms with Crippen molar-refractivity contribution in [2.45, 2.75) is 40.0 Å². The Morgan fingerprint density at radius 1 is 1.11 bits per heavy atom. The van der Waals surface area contributed by atoms with Crippen LogP contribution in [0.1, 0.15) is 52.1 Å². The molecule has 3 aromatic heterocycles. The van der Waals surface area contributed by atoms with Gasteiger partial charge in [0, 0.05) is 12.1 Å². The first kappa shape index (κ1) is 24.8. The van der Waals surface area contributed by atoms with E-state index in [4.69, 9.17) is 13.6 Å². The minimum absolute atomic E-state index is 0.112. The highest BCUT2D eigenvalue weighted by Crippen LogP contribution is 2.30. The molecule has 1 atom stereocenters. The number of imidazole rings is 1. The Labute approximate surface area is 215 Å². The smallest absolute Gasteiger partial charge is 0.453 e. The fraction of sp³-hybridized carbons (Fsp3) is 0.231. The first-order valence-corrected chi connectivity index (χ1v) is 11.8. The summed E-state index contributed by atoms with van der Waals surface area (Å²) in [7, 11) is 0. The number of esters is 1. The maximum atomic E-state index is 13.1. The number of nitrogens with zero attached hydrogens (tertiary/aromatic N) is 5. The summed E-state index contributed by atoms with van der Waals surface area (Å²) in [6.07, 6.45) is -1.00. The second-order valence-electron chi connectivity index (χ2n) is 8.64. The third-order valence-electron chi connectivity index (χ3n) is 6.06. The summed E-state index contributed by atoms with van der Waals surface area (Å²) in [6.45, 7) is 4.82. The number of benzene rings is 2. The number of aromatic nitrogens is 6. The van der Waals surface area contributed by atoms with Crippen LogP contribution in [-0.2, 0) is 17.9 Å². The van der Waals surface area contributed by atoms with E-state index in [9.17, 15) is 14.7 Å². The van der Waals surface area contributed by atoms with E-state index in [1.165, 1.54) is 13.8 Å². The molecule has 0 aliphatic heterocycles. The molecule has 5 aromatic rings. The van der Waals surface area contributed by atoms with Crippen molar-refractivity contribution in [3.63, 3.8) is 0 Å². The van der Waals surface area contributed by atoms with Crippen LogP contribution in [0.5, 0.6) is 0 Å². The van der Waals surface area contributed by atoms with E-state index in [2.05, 4.69) is 25.6 Å². The predicted molar refractivity (Wildman–Crippen MR) is 133 cm³/mol. The van der Waals surface area contributed by atoms with Crippen molar-refractivity contribution in [1.82, 2.24) is 30.2 Å². The highest BCUT2D eigenvalue weighted by Gasteiger charge is 2.26. The first-order chi connectivity index (χ1) is 18.3. The first-order valence-electron chi connectivity index (χ1n) is 11.8. The zero-order valence-electron chi connectivity index (χ0n) is 20.8. The number of ether oxygens (including phenoxy) is 1. The summed E-state index contributed by atoms with van der Waals surface area (Å²) in [5, 5.41) is 24.6. The molecule has 0 aliphatic carbocycles. The number of hydrogen-bond donors (Lipinski definition) is 2. The summed E-state index contributed by atoms with van der Waals surface area (Å²) >= 11 is 0. The van der Waals surface area contributed by atoms with Gasteiger partial charge in [0.1, 0.15) is 11.5 Å². The molecule has 0 spiro atoms. The van der Waals surface area contributed by atoms with Gasteiger partial charge in [-0.1, -0.05) is 48.5 Å². The van der Waals surface area contributed by atoms with Crippen molar-refractivity contribution in [3.05, 3.63) is 93.4 Å². The molecule has 2 N–H and O–H groups in total. The van der Waals surface area contributed by atoms with E-state index in [1.54, 1.807) is 11.5 Å². The molecule has 0 saturated heterocycles. The highest BCUT2D eigenvalue weighted by molar-refractivity contribution is 5.89. The van der Waals surface area contributed by atoms with Crippen molar-refractivity contribution >= 4 is 5.97 Å². The van der Waals surface area contributed by atoms with Crippen LogP contribution in [-0.4, -0.2) is 41.3 Å². The molecule has 0 aliphatic rings. The van der Waals surface area contributed by atoms with Gasteiger partial charge in [0.25, 0.3) is 0 Å². The van der Waals surface area contributed by atoms with Gasteiger partial charge in [0.15, 0.2) is 23.8 Å². The van der Waals surface area contributed by atoms with E-state index in [0.29, 0.717) is 18.2 Å². The van der Waals surface area contributed by atoms with Crippen LogP contribution >= 0.6 is 0 Å². The zero-order chi connectivity index (χ0) is 26.8. The number of carbonyl (C=O) groups excluding carboxylic acids is 1. The molecule has 0 saturated carbocycles. The van der Waals surface area contributed by atoms with E-state index in [-0.39, 0.29) is 29.5 Å². The molecule has 0 fully saturated rings. The molecule has 194 valence electrons. The van der Waals surface area contributed by atoms with Gasteiger partial charge in [-0.2, -0.15) is 5.21 Å². The number of aromatic amines is 1. The minimum Gasteiger partial charge on any atom is -0.453 e. The lowest BCUT2D eigenvalue weighted by Gasteiger charge is -2.13. The van der Waals surface area contributed by atoms with Gasteiger partial charge in [-0.05, 0) is 42.7 Å². The summed E-state index contributed by atoms with van der Waals surface area (Å²) in [5.41, 5.74) is 3.96. The molecule has 0 amide bonds. The lowest BCUT2D eigenvalue weighted by Crippen LogP contribution is -2.16. The number of aryl methyl sites for hydroxylation is 2. The number of rotatable bonds is 8. The summed E-state index contributed by atoms with van der Waals surface area (Å²) in [4.78, 5) is 28.8. The lowest BCUT2D eigenvalue weighted by atomic mass is 9.98. The number of H-pyrrole nitrogens is 1. The zero-order valence-corrected chi connectivity index (χ0v) is 20.8. The quantitative estimate of drug-likeness (QED) is 0.292. The molecule has 0 radical (unpaired) electrons. The van der Waals surface area contributed by atoms with E-state index in [1.807, 2.05) is 48.5 Å². The van der Waals surface area contributed by atoms with E-state index in [0.717, 1.165) is 22.3 Å². The topological polar surface area (TPSA) is 162 Å². The number of hydrogen-bond acceptors (Lipinski definition) is 10. The molecule has 0 bridgehead atoms. The second-order valence-corrected chi connectivity index (χ2v) is 8.64. The number of carbonyl (C=O) groups is 1. The van der Waals surface area contributed by atoms with Gasteiger partial charge in [0.2, 0.25) is 5.82 Å². The monoisotopic (exact) mass is 516 g/mol. The molecule has 12 nitrogen and oxygen atoms in total. The Kier molecular flexibility index (Phi) is 6.71. The van der Waals surface area contributed by atoms with E-state index < -0.39 is 17.9 Å². The van der Waals surface area contributed by atoms with Gasteiger partial charge < -0.3 is 23.2 Å². The van der Waals surface area contributed by atoms with Gasteiger partial charge in [-0.15, -0.1) is 10.2 Å². The Morgan fingerprint density at radius 2 is 1.84 bits per heavy atom. The predicted octanol–water partition coefficient (Wildman–Crippen LogP) is 3.35. The maximum absolute atomic E-state index is 13.1. The Hall–Kier alpha value is -4.84. The SMILES string of the molecule is Cc1oc(=O)oc1COC(=O)c1c(C(C)O)nc(C)n1Cc1ccc(-c2ccccc2-c2nn[nH]n2)cc1. The number of tetrazole rings is 1. The maximum Gasteiger partial charge on any atom is 0.519 e. The van der Waals surface area contributed by atoms with Crippen LogP contribution in [0.25, 0.3) is 22.5 Å². The van der Waals surface area contributed by atoms with Crippen LogP contribution in [0.15, 0.2) is 62.2 Å². The summed E-state index contributed by atoms with van der Waals surface area (Å²) in [5.74, 6) is -0.216. The third kappa shape index (κ3) is 4.89. The average molecular weight is 517 g/mol. The second kappa shape index (κ2) is 10.3. The van der Waals surface area contributed by atoms with Crippen molar-refractivity contribution in [1.29, 1.82) is 0 Å². The van der Waals surface area contributed by atoms with Crippen molar-refractivity contribution < 1.29 is 23.5 Å². The van der Waals surface area contributed by atoms with Crippen LogP contribution < -0.4 is 5.82 Å². The molecule has 5 rings (SSSR count). The van der Waals surface area contributed by atoms with Crippen molar-refractivity contribution in [2.24, 2.45) is 0 Å². The van der Waals surface area contributed by atoms with Crippen LogP contribution in [0.3, 0.4) is 0 Å². The lowest BCUT2D eigenvalue weighted by molar-refractivity contribution is 0.0423. The summed E-state index contributed by atoms with van der Waals surface area (Å²) in [6, 6.07) is 15.6. The molecular weight excluding hydrogens is 492 g/mol. The molecular formula is C26H24N6O6. The fourth-order valence-electron chi connectivity index (χ4n) is 4.17. The minimum atomic E-state index is -1.00. The van der Waals surface area contributed by atoms with Gasteiger partial charge in [-0.3, -0.25) is 0 Å². The fourth-order valence-corrected chi connectivity index (χ4v) is 4.17. The van der Waals surface area contributed by atoms with Crippen molar-refractivity contribution in [3.8, 4) is 22.5 Å². The van der Waals surface area contributed by atoms with E-state index >= 15 is 0 Å². The van der Waals surface area contributed by atoms with Gasteiger partial charge in [-0.25, -0.2) is 14.6 Å². The highest BCUT2D eigenvalue weighted by atomic mass is 16.6. The van der Waals surface area contributed by atoms with Crippen LogP contribution in [0.4, 0.5) is 0 Å². The Morgan fingerprint density at radius 3 is 2.47 bits per heavy atom. The third-order valence-corrected chi connectivity index (χ3v) is 6.06. The van der Waals surface area contributed by atoms with Gasteiger partial charge >= 0.3 is 11.8 Å². The molecule has 3 heterocycles. The number of aliphatic hydroxyl groups is 1. The van der Waals surface area contributed by atoms with Crippen LogP contribution in [0.2, 0.25) is 0 Å². The Bertz CT molecular complexity index is 1630. The number of nitrogens with one attached hydrogen (secondary N) is 1. The molecule has 12 heteroatoms.